The van der Waals surface area contributed by atoms with Gasteiger partial charge in [-0.25, -0.2) is 4.98 Å². The second-order valence-electron chi connectivity index (χ2n) is 6.68. The van der Waals surface area contributed by atoms with Gasteiger partial charge in [-0.1, -0.05) is 35.6 Å². The van der Waals surface area contributed by atoms with Crippen molar-refractivity contribution in [2.24, 2.45) is 0 Å². The molecule has 0 aliphatic carbocycles. The first-order valence-corrected chi connectivity index (χ1v) is 9.98. The van der Waals surface area contributed by atoms with E-state index < -0.39 is 0 Å². The lowest BCUT2D eigenvalue weighted by Gasteiger charge is -2.25. The van der Waals surface area contributed by atoms with Gasteiger partial charge in [-0.05, 0) is 24.3 Å². The van der Waals surface area contributed by atoms with E-state index >= 15 is 0 Å². The number of carbonyl (C=O) groups excluding carboxylic acids is 2. The molecule has 8 heteroatoms. The standard InChI is InChI=1S/C21H16N4O3S/c26-19(15-6-3-4-9-22-15)24-21-23-14-8-10-25(12-18(14)29-21)20(27)17-11-13-5-1-2-7-16(13)28-17/h1-7,9,11H,8,10,12H2,(H,23,24,26). The number of amides is 2. The Morgan fingerprint density at radius 2 is 2.00 bits per heavy atom. The lowest BCUT2D eigenvalue weighted by Crippen LogP contribution is -2.35. The van der Waals surface area contributed by atoms with Crippen LogP contribution in [0.1, 0.15) is 31.6 Å². The third kappa shape index (κ3) is 3.38. The number of thiazole rings is 1. The molecular formula is C21H16N4O3S. The van der Waals surface area contributed by atoms with E-state index in [9.17, 15) is 9.59 Å². The summed E-state index contributed by atoms with van der Waals surface area (Å²) in [4.78, 5) is 36.5. The number of fused-ring (bicyclic) bond motifs is 2. The first kappa shape index (κ1) is 17.6. The fraction of sp³-hybridized carbons (Fsp3) is 0.143. The maximum atomic E-state index is 12.9. The molecule has 29 heavy (non-hydrogen) atoms. The van der Waals surface area contributed by atoms with Crippen LogP contribution in [0.15, 0.2) is 59.1 Å². The molecule has 2 amide bonds. The van der Waals surface area contributed by atoms with Gasteiger partial charge in [0.05, 0.1) is 12.2 Å². The van der Waals surface area contributed by atoms with Crippen molar-refractivity contribution in [3.05, 3.63) is 76.8 Å². The highest BCUT2D eigenvalue weighted by Gasteiger charge is 2.27. The molecule has 1 N–H and O–H groups in total. The molecule has 7 nitrogen and oxygen atoms in total. The van der Waals surface area contributed by atoms with Crippen LogP contribution in [0.2, 0.25) is 0 Å². The quantitative estimate of drug-likeness (QED) is 0.562. The van der Waals surface area contributed by atoms with Crippen molar-refractivity contribution in [1.29, 1.82) is 0 Å². The van der Waals surface area contributed by atoms with Gasteiger partial charge in [0.15, 0.2) is 10.9 Å². The van der Waals surface area contributed by atoms with E-state index in [4.69, 9.17) is 4.42 Å². The number of rotatable bonds is 3. The molecule has 4 aromatic rings. The molecule has 0 saturated carbocycles. The number of carbonyl (C=O) groups is 2. The van der Waals surface area contributed by atoms with Gasteiger partial charge in [0.1, 0.15) is 11.3 Å². The van der Waals surface area contributed by atoms with Crippen LogP contribution in [-0.2, 0) is 13.0 Å². The summed E-state index contributed by atoms with van der Waals surface area (Å²) < 4.78 is 5.71. The summed E-state index contributed by atoms with van der Waals surface area (Å²) in [6, 6.07) is 14.5. The Bertz CT molecular complexity index is 1180. The Morgan fingerprint density at radius 3 is 2.83 bits per heavy atom. The molecule has 3 aromatic heterocycles. The number of hydrogen-bond acceptors (Lipinski definition) is 6. The van der Waals surface area contributed by atoms with Gasteiger partial charge in [0.2, 0.25) is 0 Å². The average Bonchev–Trinajstić information content (AvgIpc) is 3.36. The SMILES string of the molecule is O=C(Nc1nc2c(s1)CN(C(=O)c1cc3ccccc3o1)CC2)c1ccccn1. The Morgan fingerprint density at radius 1 is 1.14 bits per heavy atom. The van der Waals surface area contributed by atoms with E-state index in [1.54, 1.807) is 35.4 Å². The van der Waals surface area contributed by atoms with Crippen LogP contribution < -0.4 is 5.32 Å². The van der Waals surface area contributed by atoms with E-state index in [2.05, 4.69) is 15.3 Å². The Kier molecular flexibility index (Phi) is 4.33. The van der Waals surface area contributed by atoms with Crippen molar-refractivity contribution in [2.75, 3.05) is 11.9 Å². The van der Waals surface area contributed by atoms with Crippen LogP contribution in [0.5, 0.6) is 0 Å². The highest BCUT2D eigenvalue weighted by Crippen LogP contribution is 2.30. The zero-order chi connectivity index (χ0) is 19.8. The summed E-state index contributed by atoms with van der Waals surface area (Å²) in [7, 11) is 0. The fourth-order valence-electron chi connectivity index (χ4n) is 3.32. The number of benzene rings is 1. The van der Waals surface area contributed by atoms with Crippen LogP contribution in [-0.4, -0.2) is 33.2 Å². The largest absolute Gasteiger partial charge is 0.451 e. The molecule has 0 bridgehead atoms. The fourth-order valence-corrected chi connectivity index (χ4v) is 4.34. The third-order valence-electron chi connectivity index (χ3n) is 4.77. The van der Waals surface area contributed by atoms with E-state index in [1.165, 1.54) is 11.3 Å². The van der Waals surface area contributed by atoms with Crippen molar-refractivity contribution in [3.8, 4) is 0 Å². The second-order valence-corrected chi connectivity index (χ2v) is 7.77. The van der Waals surface area contributed by atoms with E-state index in [0.717, 1.165) is 16.0 Å². The molecule has 0 saturated heterocycles. The molecule has 0 radical (unpaired) electrons. The molecule has 144 valence electrons. The molecule has 4 heterocycles. The number of aromatic nitrogens is 2. The molecule has 0 fully saturated rings. The van der Waals surface area contributed by atoms with Crippen LogP contribution in [0.4, 0.5) is 5.13 Å². The lowest BCUT2D eigenvalue weighted by molar-refractivity contribution is 0.0706. The van der Waals surface area contributed by atoms with Crippen molar-refractivity contribution < 1.29 is 14.0 Å². The van der Waals surface area contributed by atoms with Gasteiger partial charge in [0.25, 0.3) is 11.8 Å². The van der Waals surface area contributed by atoms with E-state index in [1.807, 2.05) is 24.3 Å². The summed E-state index contributed by atoms with van der Waals surface area (Å²) in [5.41, 5.74) is 1.95. The summed E-state index contributed by atoms with van der Waals surface area (Å²) in [5.74, 6) is -0.103. The van der Waals surface area contributed by atoms with Crippen molar-refractivity contribution in [1.82, 2.24) is 14.9 Å². The number of furan rings is 1. The Hall–Kier alpha value is -3.52. The Balaban J connectivity index is 1.32. The van der Waals surface area contributed by atoms with Gasteiger partial charge in [-0.15, -0.1) is 0 Å². The zero-order valence-electron chi connectivity index (χ0n) is 15.3. The average molecular weight is 404 g/mol. The maximum absolute atomic E-state index is 12.9. The van der Waals surface area contributed by atoms with Gasteiger partial charge in [-0.3, -0.25) is 19.9 Å². The number of hydrogen-bond donors (Lipinski definition) is 1. The zero-order valence-corrected chi connectivity index (χ0v) is 16.1. The van der Waals surface area contributed by atoms with E-state index in [-0.39, 0.29) is 11.8 Å². The third-order valence-corrected chi connectivity index (χ3v) is 5.77. The minimum Gasteiger partial charge on any atom is -0.451 e. The summed E-state index contributed by atoms with van der Waals surface area (Å²) in [6.45, 7) is 1.00. The highest BCUT2D eigenvalue weighted by molar-refractivity contribution is 7.15. The monoisotopic (exact) mass is 404 g/mol. The van der Waals surface area contributed by atoms with Gasteiger partial charge in [-0.2, -0.15) is 0 Å². The van der Waals surface area contributed by atoms with Crippen molar-refractivity contribution in [2.45, 2.75) is 13.0 Å². The van der Waals surface area contributed by atoms with Crippen molar-refractivity contribution in [3.63, 3.8) is 0 Å². The Labute approximate surface area is 170 Å². The minimum atomic E-state index is -0.299. The smallest absolute Gasteiger partial charge is 0.289 e. The number of nitrogens with zero attached hydrogens (tertiary/aromatic N) is 3. The number of anilines is 1. The van der Waals surface area contributed by atoms with E-state index in [0.29, 0.717) is 41.7 Å². The minimum absolute atomic E-state index is 0.140. The molecule has 0 unspecified atom stereocenters. The topological polar surface area (TPSA) is 88.3 Å². The molecule has 1 aliphatic rings. The molecule has 1 aliphatic heterocycles. The molecule has 0 spiro atoms. The number of nitrogens with one attached hydrogen (secondary N) is 1. The lowest BCUT2D eigenvalue weighted by atomic mass is 10.1. The second kappa shape index (κ2) is 7.14. The van der Waals surface area contributed by atoms with Crippen LogP contribution >= 0.6 is 11.3 Å². The van der Waals surface area contributed by atoms with Gasteiger partial charge >= 0.3 is 0 Å². The predicted octanol–water partition coefficient (Wildman–Crippen LogP) is 3.74. The molecule has 0 atom stereocenters. The first-order valence-electron chi connectivity index (χ1n) is 9.16. The van der Waals surface area contributed by atoms with Crippen LogP contribution in [0, 0.1) is 0 Å². The number of para-hydroxylation sites is 1. The molecule has 1 aromatic carbocycles. The summed E-state index contributed by atoms with van der Waals surface area (Å²) >= 11 is 1.38. The normalized spacial score (nSPS) is 13.3. The number of pyridine rings is 1. The van der Waals surface area contributed by atoms with Crippen molar-refractivity contribution >= 4 is 39.3 Å². The van der Waals surface area contributed by atoms with Gasteiger partial charge in [0, 0.05) is 29.4 Å². The highest BCUT2D eigenvalue weighted by atomic mass is 32.1. The summed E-state index contributed by atoms with van der Waals surface area (Å²) in [6.07, 6.45) is 2.21. The summed E-state index contributed by atoms with van der Waals surface area (Å²) in [5, 5.41) is 4.22. The van der Waals surface area contributed by atoms with Crippen LogP contribution in [0.3, 0.4) is 0 Å². The predicted molar refractivity (Wildman–Crippen MR) is 109 cm³/mol. The van der Waals surface area contributed by atoms with Gasteiger partial charge < -0.3 is 9.32 Å². The maximum Gasteiger partial charge on any atom is 0.289 e. The van der Waals surface area contributed by atoms with Crippen LogP contribution in [0.25, 0.3) is 11.0 Å². The molecule has 5 rings (SSSR count). The molecular weight excluding hydrogens is 388 g/mol. The first-order chi connectivity index (χ1) is 14.2.